The largest absolute Gasteiger partial charge is 0.493 e. The van der Waals surface area contributed by atoms with Crippen molar-refractivity contribution in [1.82, 2.24) is 4.90 Å². The maximum Gasteiger partial charge on any atom is 0.321 e. The lowest BCUT2D eigenvalue weighted by Crippen LogP contribution is -2.36. The number of methoxy groups -OCH3 is 2. The van der Waals surface area contributed by atoms with Crippen LogP contribution in [0.15, 0.2) is 12.1 Å². The quantitative estimate of drug-likeness (QED) is 0.841. The molecule has 7 nitrogen and oxygen atoms in total. The van der Waals surface area contributed by atoms with Crippen LogP contribution in [0.5, 0.6) is 11.5 Å². The number of carbonyl (C=O) groups is 2. The normalized spacial score (nSPS) is 11.5. The highest BCUT2D eigenvalue weighted by Gasteiger charge is 2.18. The number of ether oxygens (including phenoxy) is 2. The van der Waals surface area contributed by atoms with Crippen LogP contribution in [-0.4, -0.2) is 49.8 Å². The van der Waals surface area contributed by atoms with Crippen LogP contribution in [0.4, 0.5) is 10.5 Å². The second kappa shape index (κ2) is 7.53. The van der Waals surface area contributed by atoms with Gasteiger partial charge in [0.25, 0.3) is 0 Å². The third kappa shape index (κ3) is 4.28. The minimum absolute atomic E-state index is 0.119. The molecule has 0 radical (unpaired) electrons. The van der Waals surface area contributed by atoms with E-state index in [4.69, 9.17) is 14.6 Å². The average Bonchev–Trinajstić information content (AvgIpc) is 2.48. The molecule has 1 atom stereocenters. The van der Waals surface area contributed by atoms with Crippen molar-refractivity contribution in [2.75, 3.05) is 33.1 Å². The lowest BCUT2D eigenvalue weighted by atomic mass is 10.1. The summed E-state index contributed by atoms with van der Waals surface area (Å²) in [7, 11) is 4.60. The first kappa shape index (κ1) is 17.6. The second-order valence-electron chi connectivity index (χ2n) is 5.07. The number of aryl methyl sites for hydroxylation is 1. The first-order valence-electron chi connectivity index (χ1n) is 6.77. The van der Waals surface area contributed by atoms with Crippen molar-refractivity contribution in [2.45, 2.75) is 13.8 Å². The molecule has 2 N–H and O–H groups in total. The molecule has 0 heterocycles. The van der Waals surface area contributed by atoms with Crippen LogP contribution in [0.3, 0.4) is 0 Å². The highest BCUT2D eigenvalue weighted by atomic mass is 16.5. The molecule has 2 amide bonds. The molecule has 1 rings (SSSR count). The molecule has 0 fully saturated rings. The standard InChI is InChI=1S/C15H22N2O5/c1-9-6-12(21-4)13(22-5)7-11(9)16-15(20)17(3)8-10(2)14(18)19/h6-7,10H,8H2,1-5H3,(H,16,20)(H,18,19). The Balaban J connectivity index is 2.85. The molecule has 0 bridgehead atoms. The molecule has 122 valence electrons. The summed E-state index contributed by atoms with van der Waals surface area (Å²) in [6.07, 6.45) is 0. The fourth-order valence-electron chi connectivity index (χ4n) is 1.90. The summed E-state index contributed by atoms with van der Waals surface area (Å²) in [6, 6.07) is 3.04. The number of anilines is 1. The highest BCUT2D eigenvalue weighted by molar-refractivity contribution is 5.90. The van der Waals surface area contributed by atoms with Crippen LogP contribution >= 0.6 is 0 Å². The molecule has 0 aliphatic rings. The van der Waals surface area contributed by atoms with E-state index in [2.05, 4.69) is 5.32 Å². The van der Waals surface area contributed by atoms with E-state index in [1.165, 1.54) is 19.1 Å². The monoisotopic (exact) mass is 310 g/mol. The van der Waals surface area contributed by atoms with Gasteiger partial charge in [-0.2, -0.15) is 0 Å². The van der Waals surface area contributed by atoms with Crippen molar-refractivity contribution in [3.05, 3.63) is 17.7 Å². The van der Waals surface area contributed by atoms with E-state index in [0.717, 1.165) is 5.56 Å². The molecule has 0 saturated carbocycles. The van der Waals surface area contributed by atoms with E-state index in [1.807, 2.05) is 6.92 Å². The van der Waals surface area contributed by atoms with Gasteiger partial charge >= 0.3 is 12.0 Å². The van der Waals surface area contributed by atoms with Gasteiger partial charge in [0, 0.05) is 25.3 Å². The van der Waals surface area contributed by atoms with Crippen LogP contribution < -0.4 is 14.8 Å². The van der Waals surface area contributed by atoms with E-state index >= 15 is 0 Å². The third-order valence-electron chi connectivity index (χ3n) is 3.29. The van der Waals surface area contributed by atoms with Gasteiger partial charge in [-0.05, 0) is 18.6 Å². The predicted octanol–water partition coefficient (Wildman–Crippen LogP) is 2.20. The molecule has 0 aliphatic carbocycles. The minimum atomic E-state index is -0.943. The molecule has 0 saturated heterocycles. The van der Waals surface area contributed by atoms with Crippen LogP contribution in [0.2, 0.25) is 0 Å². The van der Waals surface area contributed by atoms with Gasteiger partial charge in [-0.3, -0.25) is 4.79 Å². The Hall–Kier alpha value is -2.44. The number of aliphatic carboxylic acids is 1. The third-order valence-corrected chi connectivity index (χ3v) is 3.29. The number of carboxylic acid groups (broad SMARTS) is 1. The number of carbonyl (C=O) groups excluding carboxylic acids is 1. The molecule has 1 aromatic carbocycles. The first-order valence-corrected chi connectivity index (χ1v) is 6.77. The number of nitrogens with zero attached hydrogens (tertiary/aromatic N) is 1. The van der Waals surface area contributed by atoms with Gasteiger partial charge in [0.1, 0.15) is 0 Å². The van der Waals surface area contributed by atoms with Crippen LogP contribution in [0, 0.1) is 12.8 Å². The number of amides is 2. The highest BCUT2D eigenvalue weighted by Crippen LogP contribution is 2.32. The summed E-state index contributed by atoms with van der Waals surface area (Å²) < 4.78 is 10.4. The number of urea groups is 1. The van der Waals surface area contributed by atoms with Crippen molar-refractivity contribution in [1.29, 1.82) is 0 Å². The van der Waals surface area contributed by atoms with Gasteiger partial charge in [-0.1, -0.05) is 6.92 Å². The zero-order chi connectivity index (χ0) is 16.9. The van der Waals surface area contributed by atoms with Crippen LogP contribution in [-0.2, 0) is 4.79 Å². The topological polar surface area (TPSA) is 88.1 Å². The summed E-state index contributed by atoms with van der Waals surface area (Å²) in [5, 5.41) is 11.6. The summed E-state index contributed by atoms with van der Waals surface area (Å²) in [5.41, 5.74) is 1.39. The van der Waals surface area contributed by atoms with E-state index in [1.54, 1.807) is 26.1 Å². The van der Waals surface area contributed by atoms with Crippen molar-refractivity contribution in [2.24, 2.45) is 5.92 Å². The van der Waals surface area contributed by atoms with Gasteiger partial charge in [0.15, 0.2) is 11.5 Å². The zero-order valence-corrected chi connectivity index (χ0v) is 13.5. The Labute approximate surface area is 129 Å². The van der Waals surface area contributed by atoms with Crippen molar-refractivity contribution in [3.63, 3.8) is 0 Å². The van der Waals surface area contributed by atoms with Gasteiger partial charge < -0.3 is 24.8 Å². The number of carboxylic acids is 1. The second-order valence-corrected chi connectivity index (χ2v) is 5.07. The number of nitrogens with one attached hydrogen (secondary N) is 1. The molecule has 22 heavy (non-hydrogen) atoms. The zero-order valence-electron chi connectivity index (χ0n) is 13.5. The molecular formula is C15H22N2O5. The smallest absolute Gasteiger partial charge is 0.321 e. The number of benzene rings is 1. The molecule has 0 aromatic heterocycles. The Bertz CT molecular complexity index is 559. The Kier molecular flexibility index (Phi) is 6.03. The van der Waals surface area contributed by atoms with Crippen molar-refractivity contribution in [3.8, 4) is 11.5 Å². The fourth-order valence-corrected chi connectivity index (χ4v) is 1.90. The molecule has 1 aromatic rings. The van der Waals surface area contributed by atoms with Crippen molar-refractivity contribution < 1.29 is 24.2 Å². The predicted molar refractivity (Wildman–Crippen MR) is 82.7 cm³/mol. The van der Waals surface area contributed by atoms with E-state index in [9.17, 15) is 9.59 Å². The average molecular weight is 310 g/mol. The van der Waals surface area contributed by atoms with E-state index in [0.29, 0.717) is 17.2 Å². The molecule has 0 aliphatic heterocycles. The van der Waals surface area contributed by atoms with Gasteiger partial charge in [-0.15, -0.1) is 0 Å². The van der Waals surface area contributed by atoms with E-state index in [-0.39, 0.29) is 12.6 Å². The fraction of sp³-hybridized carbons (Fsp3) is 0.467. The SMILES string of the molecule is COc1cc(C)c(NC(=O)N(C)CC(C)C(=O)O)cc1OC. The summed E-state index contributed by atoms with van der Waals surface area (Å²) >= 11 is 0. The summed E-state index contributed by atoms with van der Waals surface area (Å²) in [5.74, 6) is -0.500. The van der Waals surface area contributed by atoms with E-state index < -0.39 is 11.9 Å². The lowest BCUT2D eigenvalue weighted by molar-refractivity contribution is -0.141. The number of hydrogen-bond donors (Lipinski definition) is 2. The number of rotatable bonds is 6. The first-order chi connectivity index (χ1) is 10.3. The van der Waals surface area contributed by atoms with Gasteiger partial charge in [-0.25, -0.2) is 4.79 Å². The van der Waals surface area contributed by atoms with Gasteiger partial charge in [0.05, 0.1) is 20.1 Å². The molecule has 0 spiro atoms. The Morgan fingerprint density at radius 2 is 1.82 bits per heavy atom. The Morgan fingerprint density at radius 1 is 1.27 bits per heavy atom. The summed E-state index contributed by atoms with van der Waals surface area (Å²) in [6.45, 7) is 3.50. The Morgan fingerprint density at radius 3 is 2.32 bits per heavy atom. The summed E-state index contributed by atoms with van der Waals surface area (Å²) in [4.78, 5) is 24.3. The molecular weight excluding hydrogens is 288 g/mol. The molecule has 7 heteroatoms. The molecule has 1 unspecified atom stereocenters. The van der Waals surface area contributed by atoms with Crippen LogP contribution in [0.1, 0.15) is 12.5 Å². The lowest BCUT2D eigenvalue weighted by Gasteiger charge is -2.21. The minimum Gasteiger partial charge on any atom is -0.493 e. The van der Waals surface area contributed by atoms with Crippen LogP contribution in [0.25, 0.3) is 0 Å². The maximum absolute atomic E-state index is 12.1. The number of hydrogen-bond acceptors (Lipinski definition) is 4. The van der Waals surface area contributed by atoms with Crippen molar-refractivity contribution >= 4 is 17.7 Å². The van der Waals surface area contributed by atoms with Gasteiger partial charge in [0.2, 0.25) is 0 Å². The maximum atomic E-state index is 12.1.